The number of carboxylic acids is 2. The molecule has 0 aliphatic carbocycles. The summed E-state index contributed by atoms with van der Waals surface area (Å²) in [6.07, 6.45) is -0.574. The highest BCUT2D eigenvalue weighted by molar-refractivity contribution is 7.81. The zero-order valence-corrected chi connectivity index (χ0v) is 40.4. The number of carbonyl (C=O) groups excluding carboxylic acids is 9. The van der Waals surface area contributed by atoms with Crippen molar-refractivity contribution in [2.24, 2.45) is 38.7 Å². The molecule has 1 aliphatic heterocycles. The molecule has 0 unspecified atom stereocenters. The Bertz CT molecular complexity index is 1950. The van der Waals surface area contributed by atoms with Gasteiger partial charge in [-0.05, 0) is 52.4 Å². The van der Waals surface area contributed by atoms with Crippen molar-refractivity contribution in [1.82, 2.24) is 47.4 Å². The fourth-order valence-electron chi connectivity index (χ4n) is 6.45. The maximum Gasteiger partial charge on any atom is 0.326 e. The molecule has 0 aromatic rings. The standard InChI is InChI=1S/C38H66N16O14S2/c1-38(2,70)28(53-24(56)13-39)33(65)47-15-25(57)48-18(6-3-9-44-36(40)41)29(61)46-14-26(58)49-20(12-27(59)60)30(62)51-21(16-55)34(66)54-11-5-8-23(54)32(64)52-22(17-69)31(63)50-19(35(67)68)7-4-10-45-37(42)43/h18-23,28,55,69-70H,3-17,39H2,1-2H3,(H,46,61)(H,47,65)(H,48,57)(H,49,58)(H,50,63)(H,51,62)(H,52,64)(H,53,56)(H,59,60)(H,67,68)(H4,40,41,44)(H4,42,43,45)/t18-,19-,20-,21-,22-,23-,28+/m0/s1. The fraction of sp³-hybridized carbons (Fsp3) is 0.658. The molecule has 1 fully saturated rings. The lowest BCUT2D eigenvalue weighted by Crippen LogP contribution is -2.60. The van der Waals surface area contributed by atoms with Gasteiger partial charge in [0.05, 0.1) is 32.7 Å². The SMILES string of the molecule is CC(C)(S)[C@H](NC(=O)CN)C(=O)NCC(=O)N[C@@H](CCCN=C(N)N)C(=O)NCC(=O)N[C@@H](CC(=O)O)C(=O)N[C@@H](CO)C(=O)N1CCC[C@H]1C(=O)N[C@@H](CS)C(=O)N[C@@H](CCCN=C(N)N)C(=O)O. The first-order chi connectivity index (χ1) is 32.7. The van der Waals surface area contributed by atoms with Crippen LogP contribution in [-0.4, -0.2) is 196 Å². The van der Waals surface area contributed by atoms with E-state index in [1.165, 1.54) is 13.8 Å². The number of nitrogens with one attached hydrogen (secondary N) is 8. The van der Waals surface area contributed by atoms with Crippen molar-refractivity contribution in [3.8, 4) is 0 Å². The molecular formula is C38H66N16O14S2. The van der Waals surface area contributed by atoms with E-state index in [1.54, 1.807) is 0 Å². The molecule has 1 saturated heterocycles. The summed E-state index contributed by atoms with van der Waals surface area (Å²) in [5.74, 6) is -12.1. The molecule has 30 nitrogen and oxygen atoms in total. The van der Waals surface area contributed by atoms with Gasteiger partial charge in [0.1, 0.15) is 42.3 Å². The second kappa shape index (κ2) is 30.7. The highest BCUT2D eigenvalue weighted by atomic mass is 32.1. The Labute approximate surface area is 412 Å². The molecule has 1 rings (SSSR count). The number of nitrogens with two attached hydrogens (primary N) is 5. The molecule has 394 valence electrons. The topological polar surface area (TPSA) is 503 Å². The van der Waals surface area contributed by atoms with Crippen LogP contribution in [0.25, 0.3) is 0 Å². The minimum atomic E-state index is -1.89. The summed E-state index contributed by atoms with van der Waals surface area (Å²) in [6, 6.07) is -10.2. The summed E-state index contributed by atoms with van der Waals surface area (Å²) >= 11 is 8.42. The quantitative estimate of drug-likeness (QED) is 0.0133. The van der Waals surface area contributed by atoms with E-state index in [2.05, 4.69) is 77.8 Å². The van der Waals surface area contributed by atoms with Gasteiger partial charge in [0.25, 0.3) is 0 Å². The second-order valence-corrected chi connectivity index (χ2v) is 17.6. The van der Waals surface area contributed by atoms with Crippen LogP contribution in [0, 0.1) is 0 Å². The number of aliphatic carboxylic acids is 2. The number of thiol groups is 2. The van der Waals surface area contributed by atoms with Crippen molar-refractivity contribution < 1.29 is 68.1 Å². The predicted octanol–water partition coefficient (Wildman–Crippen LogP) is -8.63. The molecular weight excluding hydrogens is 969 g/mol. The van der Waals surface area contributed by atoms with E-state index in [9.17, 15) is 68.1 Å². The third kappa shape index (κ3) is 22.6. The molecule has 21 N–H and O–H groups in total. The average Bonchev–Trinajstić information content (AvgIpc) is 3.78. The van der Waals surface area contributed by atoms with Gasteiger partial charge in [0.15, 0.2) is 11.9 Å². The predicted molar refractivity (Wildman–Crippen MR) is 255 cm³/mol. The second-order valence-electron chi connectivity index (χ2n) is 16.1. The van der Waals surface area contributed by atoms with E-state index in [1.807, 2.05) is 0 Å². The number of hydrogen-bond acceptors (Lipinski definition) is 17. The Morgan fingerprint density at radius 2 is 1.20 bits per heavy atom. The summed E-state index contributed by atoms with van der Waals surface area (Å²) in [6.45, 7) is 0.0672. The van der Waals surface area contributed by atoms with Gasteiger partial charge in [-0.3, -0.25) is 57.9 Å². The number of aliphatic imine (C=N–C) groups is 2. The Morgan fingerprint density at radius 1 is 0.686 bits per heavy atom. The van der Waals surface area contributed by atoms with E-state index in [4.69, 9.17) is 28.7 Å². The molecule has 1 aliphatic rings. The van der Waals surface area contributed by atoms with E-state index >= 15 is 0 Å². The van der Waals surface area contributed by atoms with E-state index in [0.717, 1.165) is 4.90 Å². The van der Waals surface area contributed by atoms with Gasteiger partial charge in [0.2, 0.25) is 53.2 Å². The lowest BCUT2D eigenvalue weighted by Gasteiger charge is -2.30. The molecule has 70 heavy (non-hydrogen) atoms. The Balaban J connectivity index is 3.05. The van der Waals surface area contributed by atoms with Crippen LogP contribution < -0.4 is 71.2 Å². The van der Waals surface area contributed by atoms with Gasteiger partial charge < -0.3 is 91.4 Å². The molecule has 0 aromatic heterocycles. The maximum atomic E-state index is 13.7. The summed E-state index contributed by atoms with van der Waals surface area (Å²) in [5, 5.41) is 47.7. The monoisotopic (exact) mass is 1030 g/mol. The molecule has 0 saturated carbocycles. The number of likely N-dealkylation sites (tertiary alicyclic amines) is 1. The summed E-state index contributed by atoms with van der Waals surface area (Å²) in [7, 11) is 0. The summed E-state index contributed by atoms with van der Waals surface area (Å²) < 4.78 is -1.10. The zero-order valence-electron chi connectivity index (χ0n) is 38.6. The van der Waals surface area contributed by atoms with Crippen LogP contribution in [0.3, 0.4) is 0 Å². The maximum absolute atomic E-state index is 13.7. The van der Waals surface area contributed by atoms with Gasteiger partial charge in [-0.25, -0.2) is 4.79 Å². The molecule has 0 aromatic carbocycles. The highest BCUT2D eigenvalue weighted by Gasteiger charge is 2.40. The zero-order chi connectivity index (χ0) is 53.3. The van der Waals surface area contributed by atoms with Crippen LogP contribution in [0.5, 0.6) is 0 Å². The Morgan fingerprint density at radius 3 is 1.69 bits per heavy atom. The van der Waals surface area contributed by atoms with Gasteiger partial charge in [-0.15, -0.1) is 0 Å². The summed E-state index contributed by atoms with van der Waals surface area (Å²) in [5.41, 5.74) is 26.6. The first kappa shape index (κ1) is 61.3. The van der Waals surface area contributed by atoms with E-state index in [-0.39, 0.29) is 75.8 Å². The van der Waals surface area contributed by atoms with Crippen molar-refractivity contribution in [2.75, 3.05) is 51.6 Å². The van der Waals surface area contributed by atoms with Crippen LogP contribution in [0.15, 0.2) is 9.98 Å². The molecule has 0 bridgehead atoms. The van der Waals surface area contributed by atoms with E-state index in [0.29, 0.717) is 0 Å². The number of carbonyl (C=O) groups is 11. The van der Waals surface area contributed by atoms with Crippen molar-refractivity contribution in [3.05, 3.63) is 0 Å². The van der Waals surface area contributed by atoms with Gasteiger partial charge in [-0.1, -0.05) is 0 Å². The number of aliphatic hydroxyl groups excluding tert-OH is 1. The van der Waals surface area contributed by atoms with Crippen LogP contribution in [-0.2, 0) is 52.7 Å². The van der Waals surface area contributed by atoms with Crippen molar-refractivity contribution in [1.29, 1.82) is 0 Å². The van der Waals surface area contributed by atoms with Gasteiger partial charge in [-0.2, -0.15) is 25.3 Å². The van der Waals surface area contributed by atoms with Crippen molar-refractivity contribution in [2.45, 2.75) is 106 Å². The number of aliphatic hydroxyl groups is 1. The normalized spacial score (nSPS) is 15.7. The molecule has 0 spiro atoms. The molecule has 7 atom stereocenters. The summed E-state index contributed by atoms with van der Waals surface area (Å²) in [4.78, 5) is 149. The minimum Gasteiger partial charge on any atom is -0.481 e. The number of guanidine groups is 2. The lowest BCUT2D eigenvalue weighted by molar-refractivity contribution is -0.144. The molecule has 0 radical (unpaired) electrons. The minimum absolute atomic E-state index is 0.0184. The Kier molecular flexibility index (Phi) is 26.9. The number of carboxylic acid groups (broad SMARTS) is 2. The van der Waals surface area contributed by atoms with Crippen molar-refractivity contribution >= 4 is 102 Å². The number of rotatable bonds is 31. The van der Waals surface area contributed by atoms with Gasteiger partial charge >= 0.3 is 11.9 Å². The highest BCUT2D eigenvalue weighted by Crippen LogP contribution is 2.20. The molecule has 32 heteroatoms. The molecule has 9 amide bonds. The van der Waals surface area contributed by atoms with Crippen LogP contribution in [0.2, 0.25) is 0 Å². The van der Waals surface area contributed by atoms with Crippen LogP contribution in [0.1, 0.15) is 58.8 Å². The van der Waals surface area contributed by atoms with Crippen molar-refractivity contribution in [3.63, 3.8) is 0 Å². The largest absolute Gasteiger partial charge is 0.481 e. The van der Waals surface area contributed by atoms with Crippen LogP contribution >= 0.6 is 25.3 Å². The number of hydrogen-bond donors (Lipinski definition) is 18. The number of amides is 9. The van der Waals surface area contributed by atoms with E-state index < -0.39 is 145 Å². The first-order valence-electron chi connectivity index (χ1n) is 21.6. The third-order valence-corrected chi connectivity index (χ3v) is 10.6. The fourth-order valence-corrected chi connectivity index (χ4v) is 6.89. The first-order valence-corrected chi connectivity index (χ1v) is 22.7. The number of nitrogens with zero attached hydrogens (tertiary/aromatic N) is 3. The smallest absolute Gasteiger partial charge is 0.326 e. The van der Waals surface area contributed by atoms with Crippen LogP contribution in [0.4, 0.5) is 0 Å². The average molecular weight is 1040 g/mol. The third-order valence-electron chi connectivity index (χ3n) is 9.94. The molecule has 1 heterocycles. The Hall–Kier alpha value is -6.67. The van der Waals surface area contributed by atoms with Gasteiger partial charge in [0, 0.05) is 30.1 Å². The lowest BCUT2D eigenvalue weighted by atomic mass is 10.0.